The minimum Gasteiger partial charge on any atom is -0.491 e. The molecule has 0 atom stereocenters. The lowest BCUT2D eigenvalue weighted by Crippen LogP contribution is -2.51. The normalized spacial score (nSPS) is 18.3. The number of anilines is 1. The van der Waals surface area contributed by atoms with Gasteiger partial charge in [-0.1, -0.05) is 49.2 Å². The molecule has 2 aromatic rings. The van der Waals surface area contributed by atoms with E-state index in [9.17, 15) is 14.4 Å². The Labute approximate surface area is 231 Å². The molecule has 2 aliphatic heterocycles. The van der Waals surface area contributed by atoms with Crippen molar-refractivity contribution in [1.29, 1.82) is 0 Å². The van der Waals surface area contributed by atoms with Gasteiger partial charge in [-0.15, -0.1) is 0 Å². The minimum atomic E-state index is -0.430. The maximum absolute atomic E-state index is 13.4. The molecule has 2 aromatic carbocycles. The number of aryl methyl sites for hydroxylation is 1. The Bertz CT molecular complexity index is 1100. The van der Waals surface area contributed by atoms with Crippen molar-refractivity contribution < 1.29 is 23.9 Å². The Morgan fingerprint density at radius 1 is 1.00 bits per heavy atom. The van der Waals surface area contributed by atoms with Crippen molar-refractivity contribution in [3.8, 4) is 5.75 Å². The second-order valence-corrected chi connectivity index (χ2v) is 10.4. The molecule has 2 aliphatic rings. The lowest BCUT2D eigenvalue weighted by molar-refractivity contribution is -0.142. The Hall–Kier alpha value is -3.39. The number of carbonyl (C=O) groups excluding carboxylic acids is 3. The average Bonchev–Trinajstić information content (AvgIpc) is 2.96. The zero-order valence-electron chi connectivity index (χ0n) is 23.0. The lowest BCUT2D eigenvalue weighted by atomic mass is 9.73. The number of hydrogen-bond donors (Lipinski definition) is 1. The number of para-hydroxylation sites is 2. The fourth-order valence-corrected chi connectivity index (χ4v) is 5.59. The number of fused-ring (bicyclic) bond motifs is 1. The van der Waals surface area contributed by atoms with Crippen LogP contribution >= 0.6 is 0 Å². The molecule has 1 N–H and O–H groups in total. The number of nitrogens with zero attached hydrogens (tertiary/aromatic N) is 2. The van der Waals surface area contributed by atoms with E-state index < -0.39 is 11.4 Å². The summed E-state index contributed by atoms with van der Waals surface area (Å²) in [5.41, 5.74) is 1.47. The van der Waals surface area contributed by atoms with E-state index in [4.69, 9.17) is 9.47 Å². The number of amides is 2. The first-order valence-electron chi connectivity index (χ1n) is 14.2. The highest BCUT2D eigenvalue weighted by atomic mass is 16.5. The molecule has 39 heavy (non-hydrogen) atoms. The van der Waals surface area contributed by atoms with Crippen LogP contribution in [0.4, 0.5) is 5.69 Å². The van der Waals surface area contributed by atoms with Gasteiger partial charge >= 0.3 is 5.97 Å². The molecule has 1 fully saturated rings. The molecular weight excluding hydrogens is 494 g/mol. The summed E-state index contributed by atoms with van der Waals surface area (Å²) in [4.78, 5) is 42.6. The summed E-state index contributed by atoms with van der Waals surface area (Å²) in [6.07, 6.45) is 6.36. The SMILES string of the molecule is CCOC(=O)CN(C(=O)CN1CCC2(CCCCCc3ccccc3OCCNC2=O)CC1)c1ccccc1. The molecule has 0 aromatic heterocycles. The molecule has 0 aliphatic carbocycles. The fraction of sp³-hybridized carbons (Fsp3) is 0.516. The largest absolute Gasteiger partial charge is 0.491 e. The molecule has 4 rings (SSSR count). The van der Waals surface area contributed by atoms with Gasteiger partial charge in [-0.2, -0.15) is 0 Å². The summed E-state index contributed by atoms with van der Waals surface area (Å²) in [5.74, 6) is 0.422. The highest BCUT2D eigenvalue weighted by Gasteiger charge is 2.41. The van der Waals surface area contributed by atoms with Gasteiger partial charge in [0.15, 0.2) is 0 Å². The summed E-state index contributed by atoms with van der Waals surface area (Å²) < 4.78 is 11.1. The zero-order valence-corrected chi connectivity index (χ0v) is 23.0. The van der Waals surface area contributed by atoms with Crippen LogP contribution in [0.2, 0.25) is 0 Å². The minimum absolute atomic E-state index is 0.0952. The van der Waals surface area contributed by atoms with Gasteiger partial charge in [0.1, 0.15) is 18.9 Å². The number of carbonyl (C=O) groups is 3. The Kier molecular flexibility index (Phi) is 10.4. The van der Waals surface area contributed by atoms with Crippen LogP contribution in [0.15, 0.2) is 54.6 Å². The van der Waals surface area contributed by atoms with Gasteiger partial charge in [-0.3, -0.25) is 19.3 Å². The van der Waals surface area contributed by atoms with Crippen LogP contribution in [0.3, 0.4) is 0 Å². The van der Waals surface area contributed by atoms with E-state index in [0.29, 0.717) is 44.8 Å². The molecule has 0 saturated carbocycles. The molecular formula is C31H41N3O5. The number of piperidine rings is 1. The quantitative estimate of drug-likeness (QED) is 0.563. The fourth-order valence-electron chi connectivity index (χ4n) is 5.59. The predicted octanol–water partition coefficient (Wildman–Crippen LogP) is 3.98. The van der Waals surface area contributed by atoms with Crippen molar-refractivity contribution >= 4 is 23.5 Å². The van der Waals surface area contributed by atoms with Crippen molar-refractivity contribution in [3.63, 3.8) is 0 Å². The third-order valence-electron chi connectivity index (χ3n) is 7.83. The summed E-state index contributed by atoms with van der Waals surface area (Å²) in [7, 11) is 0. The van der Waals surface area contributed by atoms with Gasteiger partial charge in [0.05, 0.1) is 25.1 Å². The Balaban J connectivity index is 1.36. The van der Waals surface area contributed by atoms with Crippen molar-refractivity contribution in [3.05, 3.63) is 60.2 Å². The molecule has 210 valence electrons. The van der Waals surface area contributed by atoms with E-state index in [2.05, 4.69) is 16.3 Å². The third kappa shape index (κ3) is 7.82. The number of benzene rings is 2. The van der Waals surface area contributed by atoms with Crippen LogP contribution < -0.4 is 15.0 Å². The van der Waals surface area contributed by atoms with E-state index in [1.54, 1.807) is 6.92 Å². The number of rotatable bonds is 6. The first-order valence-corrected chi connectivity index (χ1v) is 14.2. The predicted molar refractivity (Wildman–Crippen MR) is 151 cm³/mol. The van der Waals surface area contributed by atoms with Crippen LogP contribution in [0.5, 0.6) is 5.75 Å². The van der Waals surface area contributed by atoms with E-state index in [0.717, 1.165) is 37.9 Å². The van der Waals surface area contributed by atoms with Crippen LogP contribution in [-0.2, 0) is 25.5 Å². The second kappa shape index (κ2) is 14.1. The van der Waals surface area contributed by atoms with Gasteiger partial charge < -0.3 is 19.7 Å². The van der Waals surface area contributed by atoms with Crippen LogP contribution in [0, 0.1) is 5.41 Å². The van der Waals surface area contributed by atoms with Crippen LogP contribution in [0.25, 0.3) is 0 Å². The molecule has 8 heteroatoms. The highest BCUT2D eigenvalue weighted by molar-refractivity contribution is 5.98. The monoisotopic (exact) mass is 535 g/mol. The summed E-state index contributed by atoms with van der Waals surface area (Å²) in [6.45, 7) is 4.31. The Morgan fingerprint density at radius 3 is 2.51 bits per heavy atom. The molecule has 2 amide bonds. The van der Waals surface area contributed by atoms with Gasteiger partial charge in [0, 0.05) is 5.69 Å². The number of likely N-dealkylation sites (tertiary alicyclic amines) is 1. The summed E-state index contributed by atoms with van der Waals surface area (Å²) in [5, 5.41) is 3.13. The van der Waals surface area contributed by atoms with E-state index in [1.807, 2.05) is 48.5 Å². The molecule has 1 spiro atoms. The van der Waals surface area contributed by atoms with Gasteiger partial charge in [-0.05, 0) is 75.9 Å². The Morgan fingerprint density at radius 2 is 1.74 bits per heavy atom. The van der Waals surface area contributed by atoms with Crippen molar-refractivity contribution in [2.45, 2.75) is 51.9 Å². The van der Waals surface area contributed by atoms with Crippen molar-refractivity contribution in [1.82, 2.24) is 10.2 Å². The van der Waals surface area contributed by atoms with E-state index in [-0.39, 0.29) is 31.5 Å². The lowest BCUT2D eigenvalue weighted by Gasteiger charge is -2.41. The summed E-state index contributed by atoms with van der Waals surface area (Å²) >= 11 is 0. The molecule has 8 nitrogen and oxygen atoms in total. The maximum atomic E-state index is 13.4. The van der Waals surface area contributed by atoms with Crippen molar-refractivity contribution in [2.75, 3.05) is 50.8 Å². The number of esters is 1. The smallest absolute Gasteiger partial charge is 0.326 e. The van der Waals surface area contributed by atoms with Gasteiger partial charge in [-0.25, -0.2) is 0 Å². The van der Waals surface area contributed by atoms with Crippen LogP contribution in [-0.4, -0.2) is 68.6 Å². The topological polar surface area (TPSA) is 88.2 Å². The standard InChI is InChI=1S/C31H41N3O5/c1-2-38-29(36)24-34(26-13-6-3-7-14-26)28(35)23-33-20-17-31(18-21-33)16-10-4-5-11-25-12-8-9-15-27(25)39-22-19-32-30(31)37/h3,6-9,12-15H,2,4-5,10-11,16-24H2,1H3,(H,32,37). The van der Waals surface area contributed by atoms with E-state index in [1.165, 1.54) is 10.5 Å². The van der Waals surface area contributed by atoms with Gasteiger partial charge in [0.2, 0.25) is 11.8 Å². The zero-order chi connectivity index (χ0) is 27.5. The van der Waals surface area contributed by atoms with Gasteiger partial charge in [0.25, 0.3) is 0 Å². The van der Waals surface area contributed by atoms with Crippen molar-refractivity contribution in [2.24, 2.45) is 5.41 Å². The number of nitrogens with one attached hydrogen (secondary N) is 1. The number of ether oxygens (including phenoxy) is 2. The average molecular weight is 536 g/mol. The second-order valence-electron chi connectivity index (χ2n) is 10.4. The maximum Gasteiger partial charge on any atom is 0.326 e. The molecule has 0 radical (unpaired) electrons. The number of hydrogen-bond acceptors (Lipinski definition) is 6. The van der Waals surface area contributed by atoms with E-state index >= 15 is 0 Å². The molecule has 0 unspecified atom stereocenters. The molecule has 0 bridgehead atoms. The highest BCUT2D eigenvalue weighted by Crippen LogP contribution is 2.37. The van der Waals surface area contributed by atoms with Crippen LogP contribution in [0.1, 0.15) is 51.0 Å². The summed E-state index contributed by atoms with van der Waals surface area (Å²) in [6, 6.07) is 17.4. The molecule has 1 saturated heterocycles. The first kappa shape index (κ1) is 28.6. The third-order valence-corrected chi connectivity index (χ3v) is 7.83. The molecule has 2 heterocycles. The first-order chi connectivity index (χ1) is 19.0.